The Kier molecular flexibility index (Phi) is 11.4. The smallest absolute Gasteiger partial charge is 0.157 e. The van der Waals surface area contributed by atoms with Gasteiger partial charge in [-0.15, -0.1) is 0 Å². The van der Waals surface area contributed by atoms with E-state index in [9.17, 15) is 10.2 Å². The standard InChI is InChI=1S/C20H35NO2/c1-2-3-4-5-6-7-8-9-10-11-15-21-16-14-18-12-13-19(22)20(23)17-18/h12-13,17,21-23H,2-11,14-16H2,1H3. The molecule has 0 atom stereocenters. The fraction of sp³-hybridized carbons (Fsp3) is 0.700. The first-order valence-corrected chi connectivity index (χ1v) is 9.45. The molecule has 0 saturated carbocycles. The third-order valence-electron chi connectivity index (χ3n) is 4.34. The molecule has 132 valence electrons. The van der Waals surface area contributed by atoms with Crippen molar-refractivity contribution >= 4 is 0 Å². The number of phenolic OH excluding ortho intramolecular Hbond substituents is 2. The molecule has 0 bridgehead atoms. The van der Waals surface area contributed by atoms with Gasteiger partial charge in [-0.1, -0.05) is 70.8 Å². The van der Waals surface area contributed by atoms with E-state index < -0.39 is 0 Å². The highest BCUT2D eigenvalue weighted by Crippen LogP contribution is 2.24. The first-order valence-electron chi connectivity index (χ1n) is 9.45. The van der Waals surface area contributed by atoms with Gasteiger partial charge in [0, 0.05) is 0 Å². The van der Waals surface area contributed by atoms with Crippen LogP contribution in [0.5, 0.6) is 11.5 Å². The second-order valence-electron chi connectivity index (χ2n) is 6.51. The van der Waals surface area contributed by atoms with E-state index in [0.29, 0.717) is 0 Å². The van der Waals surface area contributed by atoms with Gasteiger partial charge in [0.2, 0.25) is 0 Å². The predicted molar refractivity (Wildman–Crippen MR) is 98.2 cm³/mol. The molecule has 0 heterocycles. The van der Waals surface area contributed by atoms with Crippen LogP contribution in [0, 0.1) is 0 Å². The van der Waals surface area contributed by atoms with Gasteiger partial charge < -0.3 is 15.5 Å². The Morgan fingerprint density at radius 1 is 0.739 bits per heavy atom. The monoisotopic (exact) mass is 321 g/mol. The van der Waals surface area contributed by atoms with Gasteiger partial charge in [0.25, 0.3) is 0 Å². The van der Waals surface area contributed by atoms with Crippen LogP contribution in [0.15, 0.2) is 18.2 Å². The Balaban J connectivity index is 1.85. The summed E-state index contributed by atoms with van der Waals surface area (Å²) in [6.07, 6.45) is 14.6. The van der Waals surface area contributed by atoms with Crippen molar-refractivity contribution in [2.24, 2.45) is 0 Å². The Hall–Kier alpha value is -1.22. The minimum atomic E-state index is -0.0490. The van der Waals surface area contributed by atoms with Crippen molar-refractivity contribution < 1.29 is 10.2 Å². The van der Waals surface area contributed by atoms with E-state index in [2.05, 4.69) is 12.2 Å². The summed E-state index contributed by atoms with van der Waals surface area (Å²) in [6, 6.07) is 5.04. The molecule has 1 aromatic rings. The van der Waals surface area contributed by atoms with Crippen LogP contribution in [0.4, 0.5) is 0 Å². The lowest BCUT2D eigenvalue weighted by Crippen LogP contribution is -2.18. The van der Waals surface area contributed by atoms with Crippen LogP contribution < -0.4 is 5.32 Å². The molecule has 1 aromatic carbocycles. The van der Waals surface area contributed by atoms with Crippen molar-refractivity contribution in [2.45, 2.75) is 77.6 Å². The van der Waals surface area contributed by atoms with Gasteiger partial charge in [-0.05, 0) is 43.6 Å². The molecule has 0 saturated heterocycles. The molecule has 0 aromatic heterocycles. The topological polar surface area (TPSA) is 52.5 Å². The van der Waals surface area contributed by atoms with E-state index in [1.165, 1.54) is 64.2 Å². The summed E-state index contributed by atoms with van der Waals surface area (Å²) < 4.78 is 0. The summed E-state index contributed by atoms with van der Waals surface area (Å²) in [7, 11) is 0. The molecule has 0 aliphatic heterocycles. The maximum Gasteiger partial charge on any atom is 0.157 e. The third-order valence-corrected chi connectivity index (χ3v) is 4.34. The van der Waals surface area contributed by atoms with E-state index in [1.54, 1.807) is 12.1 Å². The van der Waals surface area contributed by atoms with Gasteiger partial charge in [-0.3, -0.25) is 0 Å². The molecule has 0 unspecified atom stereocenters. The minimum absolute atomic E-state index is 0.0304. The average Bonchev–Trinajstić information content (AvgIpc) is 2.55. The molecular formula is C20H35NO2. The number of hydrogen-bond acceptors (Lipinski definition) is 3. The molecule has 0 spiro atoms. The van der Waals surface area contributed by atoms with Crippen LogP contribution in [-0.2, 0) is 6.42 Å². The fourth-order valence-electron chi connectivity index (χ4n) is 2.82. The van der Waals surface area contributed by atoms with Crippen molar-refractivity contribution in [3.63, 3.8) is 0 Å². The quantitative estimate of drug-likeness (QED) is 0.328. The maximum absolute atomic E-state index is 9.43. The highest BCUT2D eigenvalue weighted by atomic mass is 16.3. The van der Waals surface area contributed by atoms with Crippen molar-refractivity contribution in [3.05, 3.63) is 23.8 Å². The predicted octanol–water partition coefficient (Wildman–Crippen LogP) is 5.15. The number of benzene rings is 1. The summed E-state index contributed by atoms with van der Waals surface area (Å²) in [6.45, 7) is 4.25. The molecule has 0 aliphatic rings. The molecule has 0 fully saturated rings. The zero-order valence-electron chi connectivity index (χ0n) is 14.8. The normalized spacial score (nSPS) is 11.0. The Bertz CT molecular complexity index is 407. The van der Waals surface area contributed by atoms with E-state index >= 15 is 0 Å². The average molecular weight is 322 g/mol. The van der Waals surface area contributed by atoms with Crippen molar-refractivity contribution in [1.82, 2.24) is 5.32 Å². The number of phenols is 2. The first-order chi connectivity index (χ1) is 11.2. The van der Waals surface area contributed by atoms with Crippen molar-refractivity contribution in [2.75, 3.05) is 13.1 Å². The van der Waals surface area contributed by atoms with Crippen LogP contribution in [0.1, 0.15) is 76.7 Å². The molecule has 3 N–H and O–H groups in total. The van der Waals surface area contributed by atoms with Gasteiger partial charge in [0.1, 0.15) is 0 Å². The number of unbranched alkanes of at least 4 members (excludes halogenated alkanes) is 9. The molecular weight excluding hydrogens is 286 g/mol. The van der Waals surface area contributed by atoms with Crippen molar-refractivity contribution in [3.8, 4) is 11.5 Å². The lowest BCUT2D eigenvalue weighted by Gasteiger charge is -2.06. The van der Waals surface area contributed by atoms with Gasteiger partial charge in [0.15, 0.2) is 11.5 Å². The molecule has 23 heavy (non-hydrogen) atoms. The molecule has 1 rings (SSSR count). The Morgan fingerprint density at radius 2 is 1.35 bits per heavy atom. The van der Waals surface area contributed by atoms with E-state index in [-0.39, 0.29) is 11.5 Å². The van der Waals surface area contributed by atoms with Gasteiger partial charge >= 0.3 is 0 Å². The summed E-state index contributed by atoms with van der Waals surface area (Å²) in [5, 5.41) is 22.1. The SMILES string of the molecule is CCCCCCCCCCCCNCCc1ccc(O)c(O)c1. The second kappa shape index (κ2) is 13.2. The summed E-state index contributed by atoms with van der Waals surface area (Å²) in [5.74, 6) is -0.0794. The lowest BCUT2D eigenvalue weighted by atomic mass is 10.1. The van der Waals surface area contributed by atoms with Gasteiger partial charge in [-0.25, -0.2) is 0 Å². The Labute approximate surface area is 142 Å². The highest BCUT2D eigenvalue weighted by Gasteiger charge is 2.00. The number of nitrogens with one attached hydrogen (secondary N) is 1. The van der Waals surface area contributed by atoms with Gasteiger partial charge in [0.05, 0.1) is 0 Å². The summed E-state index contributed by atoms with van der Waals surface area (Å²) in [4.78, 5) is 0. The van der Waals surface area contributed by atoms with Crippen LogP contribution in [0.25, 0.3) is 0 Å². The van der Waals surface area contributed by atoms with Gasteiger partial charge in [-0.2, -0.15) is 0 Å². The maximum atomic E-state index is 9.43. The Morgan fingerprint density at radius 3 is 1.96 bits per heavy atom. The molecule has 0 amide bonds. The minimum Gasteiger partial charge on any atom is -0.504 e. The highest BCUT2D eigenvalue weighted by molar-refractivity contribution is 5.40. The second-order valence-corrected chi connectivity index (χ2v) is 6.51. The van der Waals surface area contributed by atoms with Crippen LogP contribution in [-0.4, -0.2) is 23.3 Å². The molecule has 3 heteroatoms. The van der Waals surface area contributed by atoms with Crippen LogP contribution >= 0.6 is 0 Å². The van der Waals surface area contributed by atoms with Crippen molar-refractivity contribution in [1.29, 1.82) is 0 Å². The number of rotatable bonds is 14. The van der Waals surface area contributed by atoms with E-state index in [4.69, 9.17) is 0 Å². The summed E-state index contributed by atoms with van der Waals surface area (Å²) in [5.41, 5.74) is 1.05. The number of hydrogen-bond donors (Lipinski definition) is 3. The molecule has 3 nitrogen and oxygen atoms in total. The largest absolute Gasteiger partial charge is 0.504 e. The molecule has 0 radical (unpaired) electrons. The summed E-state index contributed by atoms with van der Waals surface area (Å²) >= 11 is 0. The van der Waals surface area contributed by atoms with Crippen LogP contribution in [0.2, 0.25) is 0 Å². The lowest BCUT2D eigenvalue weighted by molar-refractivity contribution is 0.403. The van der Waals surface area contributed by atoms with Crippen LogP contribution in [0.3, 0.4) is 0 Å². The first kappa shape index (κ1) is 19.8. The van der Waals surface area contributed by atoms with E-state index in [1.807, 2.05) is 6.07 Å². The molecule has 0 aliphatic carbocycles. The third kappa shape index (κ3) is 10.2. The zero-order valence-corrected chi connectivity index (χ0v) is 14.8. The van der Waals surface area contributed by atoms with E-state index in [0.717, 1.165) is 25.1 Å². The zero-order chi connectivity index (χ0) is 16.8. The number of aromatic hydroxyl groups is 2. The fourth-order valence-corrected chi connectivity index (χ4v) is 2.82.